The summed E-state index contributed by atoms with van der Waals surface area (Å²) in [5.74, 6) is 1.65. The number of fused-ring (bicyclic) bond motifs is 1. The summed E-state index contributed by atoms with van der Waals surface area (Å²) >= 11 is 0. The number of furan rings is 1. The molecule has 2 heterocycles. The van der Waals surface area contributed by atoms with E-state index >= 15 is 0 Å². The van der Waals surface area contributed by atoms with Crippen molar-refractivity contribution in [3.63, 3.8) is 0 Å². The number of ether oxygens (including phenoxy) is 1. The normalized spacial score (nSPS) is 15.3. The van der Waals surface area contributed by atoms with E-state index in [4.69, 9.17) is 9.15 Å². The Morgan fingerprint density at radius 3 is 2.25 bits per heavy atom. The second-order valence-corrected chi connectivity index (χ2v) is 8.38. The van der Waals surface area contributed by atoms with Crippen molar-refractivity contribution >= 4 is 11.0 Å². The Hall–Kier alpha value is -3.15. The van der Waals surface area contributed by atoms with Gasteiger partial charge in [0, 0.05) is 38.1 Å². The van der Waals surface area contributed by atoms with E-state index in [2.05, 4.69) is 34.1 Å². The van der Waals surface area contributed by atoms with Gasteiger partial charge in [-0.3, -0.25) is 9.80 Å². The average molecular weight is 431 g/mol. The maximum Gasteiger partial charge on any atom is 0.134 e. The number of piperazine rings is 1. The summed E-state index contributed by atoms with van der Waals surface area (Å²) in [6.45, 7) is 5.88. The Kier molecular flexibility index (Phi) is 5.93. The zero-order chi connectivity index (χ0) is 21.9. The molecule has 32 heavy (non-hydrogen) atoms. The van der Waals surface area contributed by atoms with Gasteiger partial charge in [0.25, 0.3) is 0 Å². The fraction of sp³-hybridized carbons (Fsp3) is 0.259. The van der Waals surface area contributed by atoms with Crippen LogP contribution in [0.25, 0.3) is 22.1 Å². The molecule has 0 atom stereocenters. The van der Waals surface area contributed by atoms with E-state index < -0.39 is 0 Å². The van der Waals surface area contributed by atoms with Crippen molar-refractivity contribution in [2.24, 2.45) is 0 Å². The minimum absolute atomic E-state index is 0.221. The first-order valence-corrected chi connectivity index (χ1v) is 11.0. The number of rotatable bonds is 6. The van der Waals surface area contributed by atoms with Crippen LogP contribution in [0.4, 0.5) is 4.39 Å². The van der Waals surface area contributed by atoms with Crippen molar-refractivity contribution in [2.75, 3.05) is 33.3 Å². The van der Waals surface area contributed by atoms with E-state index in [-0.39, 0.29) is 5.82 Å². The summed E-state index contributed by atoms with van der Waals surface area (Å²) in [7, 11) is 1.69. The largest absolute Gasteiger partial charge is 0.497 e. The number of nitrogens with zero attached hydrogens (tertiary/aromatic N) is 2. The number of hydrogen-bond donors (Lipinski definition) is 0. The molecule has 5 heteroatoms. The Morgan fingerprint density at radius 2 is 1.53 bits per heavy atom. The third-order valence-corrected chi connectivity index (χ3v) is 6.13. The summed E-state index contributed by atoms with van der Waals surface area (Å²) in [4.78, 5) is 4.93. The van der Waals surface area contributed by atoms with Crippen LogP contribution in [0.5, 0.6) is 5.75 Å². The van der Waals surface area contributed by atoms with Crippen molar-refractivity contribution in [2.45, 2.75) is 13.1 Å². The summed E-state index contributed by atoms with van der Waals surface area (Å²) in [6, 6.07) is 23.2. The van der Waals surface area contributed by atoms with Gasteiger partial charge in [0.2, 0.25) is 0 Å². The number of benzene rings is 3. The van der Waals surface area contributed by atoms with E-state index in [1.165, 1.54) is 11.6 Å². The molecule has 5 rings (SSSR count). The van der Waals surface area contributed by atoms with Crippen molar-refractivity contribution in [1.82, 2.24) is 9.80 Å². The second kappa shape index (κ2) is 9.15. The molecule has 0 unspecified atom stereocenters. The fourth-order valence-corrected chi connectivity index (χ4v) is 4.34. The number of methoxy groups -OCH3 is 1. The van der Waals surface area contributed by atoms with Crippen LogP contribution in [0.3, 0.4) is 0 Å². The van der Waals surface area contributed by atoms with E-state index in [9.17, 15) is 4.39 Å². The molecule has 4 nitrogen and oxygen atoms in total. The van der Waals surface area contributed by atoms with Crippen LogP contribution in [0.1, 0.15) is 11.3 Å². The Balaban J connectivity index is 1.19. The molecule has 0 amide bonds. The lowest BCUT2D eigenvalue weighted by atomic mass is 10.0. The Labute approximate surface area is 187 Å². The fourth-order valence-electron chi connectivity index (χ4n) is 4.34. The van der Waals surface area contributed by atoms with Crippen LogP contribution in [0.15, 0.2) is 77.2 Å². The maximum atomic E-state index is 13.6. The van der Waals surface area contributed by atoms with Crippen LogP contribution in [-0.4, -0.2) is 43.1 Å². The van der Waals surface area contributed by atoms with Gasteiger partial charge in [0.05, 0.1) is 13.7 Å². The van der Waals surface area contributed by atoms with E-state index in [1.54, 1.807) is 19.2 Å². The lowest BCUT2D eigenvalue weighted by molar-refractivity contribution is 0.116. The molecule has 164 valence electrons. The highest BCUT2D eigenvalue weighted by Crippen LogP contribution is 2.28. The summed E-state index contributed by atoms with van der Waals surface area (Å²) < 4.78 is 24.9. The lowest BCUT2D eigenvalue weighted by Crippen LogP contribution is -2.45. The van der Waals surface area contributed by atoms with Gasteiger partial charge in [-0.2, -0.15) is 0 Å². The summed E-state index contributed by atoms with van der Waals surface area (Å²) in [5.41, 5.74) is 4.06. The minimum atomic E-state index is -0.221. The Bertz CT molecular complexity index is 1190. The first-order valence-electron chi connectivity index (χ1n) is 11.0. The molecule has 0 aliphatic carbocycles. The third-order valence-electron chi connectivity index (χ3n) is 6.13. The molecule has 4 aromatic rings. The highest BCUT2D eigenvalue weighted by atomic mass is 19.1. The predicted octanol–water partition coefficient (Wildman–Crippen LogP) is 5.57. The molecule has 1 saturated heterocycles. The molecular weight excluding hydrogens is 403 g/mol. The van der Waals surface area contributed by atoms with Crippen molar-refractivity contribution in [3.05, 3.63) is 89.9 Å². The van der Waals surface area contributed by atoms with Gasteiger partial charge in [0.15, 0.2) is 0 Å². The Morgan fingerprint density at radius 1 is 0.812 bits per heavy atom. The van der Waals surface area contributed by atoms with Gasteiger partial charge in [-0.05, 0) is 59.2 Å². The second-order valence-electron chi connectivity index (χ2n) is 8.38. The van der Waals surface area contributed by atoms with E-state index in [0.29, 0.717) is 0 Å². The summed E-state index contributed by atoms with van der Waals surface area (Å²) in [6.07, 6.45) is 0. The molecule has 0 saturated carbocycles. The quantitative estimate of drug-likeness (QED) is 0.400. The summed E-state index contributed by atoms with van der Waals surface area (Å²) in [5, 5.41) is 1.06. The maximum absolute atomic E-state index is 13.6. The molecule has 1 aromatic heterocycles. The number of hydrogen-bond acceptors (Lipinski definition) is 4. The van der Waals surface area contributed by atoms with Crippen molar-refractivity contribution in [1.29, 1.82) is 0 Å². The third kappa shape index (κ3) is 4.69. The standard InChI is InChI=1S/C27H27FN2O2/c1-31-25-8-5-20(6-9-25)18-29-11-13-30(14-12-29)19-26-17-23-15-22(7-10-27(23)32-26)21-3-2-4-24(28)16-21/h2-10,15-17H,11-14,18-19H2,1H3. The average Bonchev–Trinajstić information content (AvgIpc) is 3.22. The van der Waals surface area contributed by atoms with E-state index in [0.717, 1.165) is 72.9 Å². The van der Waals surface area contributed by atoms with Crippen LogP contribution in [0.2, 0.25) is 0 Å². The van der Waals surface area contributed by atoms with Crippen molar-refractivity contribution < 1.29 is 13.5 Å². The van der Waals surface area contributed by atoms with Gasteiger partial charge < -0.3 is 9.15 Å². The predicted molar refractivity (Wildman–Crippen MR) is 125 cm³/mol. The lowest BCUT2D eigenvalue weighted by Gasteiger charge is -2.34. The van der Waals surface area contributed by atoms with Crippen LogP contribution >= 0.6 is 0 Å². The van der Waals surface area contributed by atoms with Crippen molar-refractivity contribution in [3.8, 4) is 16.9 Å². The smallest absolute Gasteiger partial charge is 0.134 e. The highest BCUT2D eigenvalue weighted by molar-refractivity contribution is 5.84. The molecule has 1 aliphatic rings. The van der Waals surface area contributed by atoms with Gasteiger partial charge in [-0.25, -0.2) is 4.39 Å². The molecule has 3 aromatic carbocycles. The highest BCUT2D eigenvalue weighted by Gasteiger charge is 2.18. The van der Waals surface area contributed by atoms with Crippen LogP contribution < -0.4 is 4.74 Å². The number of halogens is 1. The van der Waals surface area contributed by atoms with Gasteiger partial charge >= 0.3 is 0 Å². The van der Waals surface area contributed by atoms with Gasteiger partial charge in [-0.1, -0.05) is 30.3 Å². The molecule has 0 spiro atoms. The monoisotopic (exact) mass is 430 g/mol. The topological polar surface area (TPSA) is 28.9 Å². The molecule has 1 aliphatic heterocycles. The zero-order valence-electron chi connectivity index (χ0n) is 18.3. The zero-order valence-corrected chi connectivity index (χ0v) is 18.3. The van der Waals surface area contributed by atoms with Crippen LogP contribution in [-0.2, 0) is 13.1 Å². The molecule has 0 N–H and O–H groups in total. The van der Waals surface area contributed by atoms with E-state index in [1.807, 2.05) is 30.3 Å². The molecule has 0 radical (unpaired) electrons. The molecular formula is C27H27FN2O2. The van der Waals surface area contributed by atoms with Crippen LogP contribution in [0, 0.1) is 5.82 Å². The first kappa shape index (κ1) is 20.7. The minimum Gasteiger partial charge on any atom is -0.497 e. The molecule has 1 fully saturated rings. The van der Waals surface area contributed by atoms with Gasteiger partial charge in [-0.15, -0.1) is 0 Å². The van der Waals surface area contributed by atoms with Gasteiger partial charge in [0.1, 0.15) is 22.9 Å². The molecule has 0 bridgehead atoms. The SMILES string of the molecule is COc1ccc(CN2CCN(Cc3cc4cc(-c5cccc(F)c5)ccc4o3)CC2)cc1. The first-order chi connectivity index (χ1) is 15.7.